The van der Waals surface area contributed by atoms with Gasteiger partial charge in [0.1, 0.15) is 0 Å². The number of halogens is 1. The number of rotatable bonds is 4. The average Bonchev–Trinajstić information content (AvgIpc) is 2.18. The minimum atomic E-state index is 0.196. The molecule has 1 atom stereocenters. The predicted molar refractivity (Wildman–Crippen MR) is 65.3 cm³/mol. The van der Waals surface area contributed by atoms with Gasteiger partial charge in [-0.15, -0.1) is 0 Å². The Balaban J connectivity index is 2.70. The molecule has 1 nitrogen and oxygen atoms in total. The molecule has 0 saturated carbocycles. The first-order valence-electron chi connectivity index (χ1n) is 5.16. The largest absolute Gasteiger partial charge is 0.324 e. The number of nitrogens with two attached hydrogens (primary N) is 1. The van der Waals surface area contributed by atoms with Crippen molar-refractivity contribution >= 4 is 15.9 Å². The summed E-state index contributed by atoms with van der Waals surface area (Å²) in [6, 6.07) is 6.56. The van der Waals surface area contributed by atoms with E-state index < -0.39 is 0 Å². The van der Waals surface area contributed by atoms with Crippen LogP contribution in [0.25, 0.3) is 0 Å². The van der Waals surface area contributed by atoms with Crippen LogP contribution in [-0.4, -0.2) is 0 Å². The molecule has 14 heavy (non-hydrogen) atoms. The molecular weight excluding hydrogens is 238 g/mol. The fourth-order valence-electron chi connectivity index (χ4n) is 1.49. The Bertz CT molecular complexity index is 296. The SMILES string of the molecule is CCCC[C@@H](N)c1ccc(Br)c(C)c1. The van der Waals surface area contributed by atoms with Crippen LogP contribution in [0.15, 0.2) is 22.7 Å². The van der Waals surface area contributed by atoms with Gasteiger partial charge in [-0.1, -0.05) is 47.8 Å². The van der Waals surface area contributed by atoms with Crippen LogP contribution in [-0.2, 0) is 0 Å². The number of unbranched alkanes of at least 4 members (excludes halogenated alkanes) is 1. The molecule has 0 aromatic heterocycles. The maximum atomic E-state index is 6.08. The summed E-state index contributed by atoms with van der Waals surface area (Å²) in [5.74, 6) is 0. The van der Waals surface area contributed by atoms with Crippen molar-refractivity contribution < 1.29 is 0 Å². The minimum absolute atomic E-state index is 0.196. The molecule has 0 aliphatic heterocycles. The van der Waals surface area contributed by atoms with Crippen molar-refractivity contribution in [1.82, 2.24) is 0 Å². The van der Waals surface area contributed by atoms with E-state index in [1.807, 2.05) is 0 Å². The van der Waals surface area contributed by atoms with E-state index in [-0.39, 0.29) is 6.04 Å². The highest BCUT2D eigenvalue weighted by atomic mass is 79.9. The Kier molecular flexibility index (Phi) is 4.63. The molecule has 2 heteroatoms. The second kappa shape index (κ2) is 5.52. The average molecular weight is 256 g/mol. The van der Waals surface area contributed by atoms with Gasteiger partial charge in [-0.2, -0.15) is 0 Å². The van der Waals surface area contributed by atoms with Gasteiger partial charge in [-0.05, 0) is 30.5 Å². The third-order valence-corrected chi connectivity index (χ3v) is 3.37. The first-order chi connectivity index (χ1) is 6.65. The van der Waals surface area contributed by atoms with Gasteiger partial charge in [0.2, 0.25) is 0 Å². The zero-order chi connectivity index (χ0) is 10.6. The van der Waals surface area contributed by atoms with Gasteiger partial charge in [0.05, 0.1) is 0 Å². The van der Waals surface area contributed by atoms with Crippen molar-refractivity contribution in [3.63, 3.8) is 0 Å². The maximum absolute atomic E-state index is 6.08. The lowest BCUT2D eigenvalue weighted by Gasteiger charge is -2.12. The molecule has 1 rings (SSSR count). The van der Waals surface area contributed by atoms with Crippen molar-refractivity contribution in [3.8, 4) is 0 Å². The fourth-order valence-corrected chi connectivity index (χ4v) is 1.74. The quantitative estimate of drug-likeness (QED) is 0.867. The first-order valence-corrected chi connectivity index (χ1v) is 5.96. The van der Waals surface area contributed by atoms with E-state index in [1.165, 1.54) is 24.0 Å². The van der Waals surface area contributed by atoms with Crippen LogP contribution < -0.4 is 5.73 Å². The summed E-state index contributed by atoms with van der Waals surface area (Å²) < 4.78 is 1.16. The topological polar surface area (TPSA) is 26.0 Å². The van der Waals surface area contributed by atoms with E-state index in [4.69, 9.17) is 5.73 Å². The minimum Gasteiger partial charge on any atom is -0.324 e. The van der Waals surface area contributed by atoms with E-state index in [0.29, 0.717) is 0 Å². The van der Waals surface area contributed by atoms with Gasteiger partial charge in [0, 0.05) is 10.5 Å². The van der Waals surface area contributed by atoms with Crippen LogP contribution in [0.2, 0.25) is 0 Å². The van der Waals surface area contributed by atoms with E-state index in [1.54, 1.807) is 0 Å². The molecule has 2 N–H and O–H groups in total. The summed E-state index contributed by atoms with van der Waals surface area (Å²) in [7, 11) is 0. The number of benzene rings is 1. The molecule has 0 radical (unpaired) electrons. The third kappa shape index (κ3) is 3.10. The van der Waals surface area contributed by atoms with E-state index in [9.17, 15) is 0 Å². The number of hydrogen-bond acceptors (Lipinski definition) is 1. The maximum Gasteiger partial charge on any atom is 0.0294 e. The highest BCUT2D eigenvalue weighted by molar-refractivity contribution is 9.10. The lowest BCUT2D eigenvalue weighted by molar-refractivity contribution is 0.603. The summed E-state index contributed by atoms with van der Waals surface area (Å²) in [6.07, 6.45) is 3.50. The van der Waals surface area contributed by atoms with Gasteiger partial charge in [-0.3, -0.25) is 0 Å². The second-order valence-corrected chi connectivity index (χ2v) is 4.61. The lowest BCUT2D eigenvalue weighted by Crippen LogP contribution is -2.10. The molecule has 0 heterocycles. The van der Waals surface area contributed by atoms with Gasteiger partial charge < -0.3 is 5.73 Å². The van der Waals surface area contributed by atoms with Gasteiger partial charge in [0.25, 0.3) is 0 Å². The molecular formula is C12H18BrN. The van der Waals surface area contributed by atoms with Crippen molar-refractivity contribution in [2.45, 2.75) is 39.2 Å². The molecule has 0 saturated heterocycles. The number of hydrogen-bond donors (Lipinski definition) is 1. The molecule has 0 unspecified atom stereocenters. The zero-order valence-corrected chi connectivity index (χ0v) is 10.5. The Morgan fingerprint density at radius 3 is 2.71 bits per heavy atom. The van der Waals surface area contributed by atoms with E-state index in [0.717, 1.165) is 10.9 Å². The predicted octanol–water partition coefficient (Wildman–Crippen LogP) is 3.95. The van der Waals surface area contributed by atoms with E-state index >= 15 is 0 Å². The molecule has 0 bridgehead atoms. The van der Waals surface area contributed by atoms with Crippen molar-refractivity contribution in [2.75, 3.05) is 0 Å². The molecule has 0 spiro atoms. The van der Waals surface area contributed by atoms with Crippen LogP contribution in [0.5, 0.6) is 0 Å². The van der Waals surface area contributed by atoms with Crippen molar-refractivity contribution in [1.29, 1.82) is 0 Å². The molecule has 1 aromatic carbocycles. The van der Waals surface area contributed by atoms with Crippen molar-refractivity contribution in [2.24, 2.45) is 5.73 Å². The van der Waals surface area contributed by atoms with Gasteiger partial charge in [-0.25, -0.2) is 0 Å². The Morgan fingerprint density at radius 2 is 2.14 bits per heavy atom. The Labute approximate surface area is 94.8 Å². The van der Waals surface area contributed by atoms with Crippen LogP contribution in [0, 0.1) is 6.92 Å². The highest BCUT2D eigenvalue weighted by Gasteiger charge is 2.06. The number of aryl methyl sites for hydroxylation is 1. The molecule has 0 amide bonds. The summed E-state index contributed by atoms with van der Waals surface area (Å²) in [4.78, 5) is 0. The van der Waals surface area contributed by atoms with Gasteiger partial charge >= 0.3 is 0 Å². The monoisotopic (exact) mass is 255 g/mol. The lowest BCUT2D eigenvalue weighted by atomic mass is 10.0. The molecule has 0 aliphatic carbocycles. The van der Waals surface area contributed by atoms with Crippen LogP contribution in [0.3, 0.4) is 0 Å². The molecule has 0 aliphatic rings. The fraction of sp³-hybridized carbons (Fsp3) is 0.500. The van der Waals surface area contributed by atoms with E-state index in [2.05, 4.69) is 48.0 Å². The Morgan fingerprint density at radius 1 is 1.43 bits per heavy atom. The summed E-state index contributed by atoms with van der Waals surface area (Å²) in [5, 5.41) is 0. The third-order valence-electron chi connectivity index (χ3n) is 2.48. The molecule has 1 aromatic rings. The smallest absolute Gasteiger partial charge is 0.0294 e. The zero-order valence-electron chi connectivity index (χ0n) is 8.89. The van der Waals surface area contributed by atoms with Crippen LogP contribution in [0.4, 0.5) is 0 Å². The highest BCUT2D eigenvalue weighted by Crippen LogP contribution is 2.22. The molecule has 0 fully saturated rings. The van der Waals surface area contributed by atoms with Crippen molar-refractivity contribution in [3.05, 3.63) is 33.8 Å². The van der Waals surface area contributed by atoms with Crippen LogP contribution >= 0.6 is 15.9 Å². The Hall–Kier alpha value is -0.340. The summed E-state index contributed by atoms with van der Waals surface area (Å²) in [5.41, 5.74) is 8.59. The van der Waals surface area contributed by atoms with Gasteiger partial charge in [0.15, 0.2) is 0 Å². The summed E-state index contributed by atoms with van der Waals surface area (Å²) >= 11 is 3.49. The summed E-state index contributed by atoms with van der Waals surface area (Å²) in [6.45, 7) is 4.29. The standard InChI is InChI=1S/C12H18BrN/c1-3-4-5-12(14)10-6-7-11(13)9(2)8-10/h6-8,12H,3-5,14H2,1-2H3/t12-/m1/s1. The van der Waals surface area contributed by atoms with Crippen LogP contribution in [0.1, 0.15) is 43.4 Å². The normalized spacial score (nSPS) is 12.9. The molecule has 78 valence electrons. The first kappa shape index (κ1) is 11.7. The second-order valence-electron chi connectivity index (χ2n) is 3.76.